The largest absolute Gasteiger partial charge is 0.431 e. The summed E-state index contributed by atoms with van der Waals surface area (Å²) < 4.78 is 39.8. The van der Waals surface area contributed by atoms with Crippen LogP contribution in [0.3, 0.4) is 0 Å². The first-order valence-corrected chi connectivity index (χ1v) is 13.0. The third-order valence-corrected chi connectivity index (χ3v) is 7.94. The molecule has 0 saturated heterocycles. The molecule has 1 aromatic rings. The summed E-state index contributed by atoms with van der Waals surface area (Å²) in [5, 5.41) is 9.43. The van der Waals surface area contributed by atoms with Gasteiger partial charge in [-0.05, 0) is 75.0 Å². The minimum atomic E-state index is -4.46. The molecule has 1 aliphatic heterocycles. The van der Waals surface area contributed by atoms with Gasteiger partial charge in [0.05, 0.1) is 23.6 Å². The van der Waals surface area contributed by atoms with Crippen LogP contribution in [-0.4, -0.2) is 36.7 Å². The van der Waals surface area contributed by atoms with E-state index in [0.717, 1.165) is 50.6 Å². The fourth-order valence-electron chi connectivity index (χ4n) is 6.23. The highest BCUT2D eigenvalue weighted by atomic mass is 19.4. The number of hydrogen-bond acceptors (Lipinski definition) is 4. The van der Waals surface area contributed by atoms with E-state index < -0.39 is 23.8 Å². The normalized spacial score (nSPS) is 24.9. The highest BCUT2D eigenvalue weighted by Crippen LogP contribution is 2.53. The van der Waals surface area contributed by atoms with Gasteiger partial charge in [0.25, 0.3) is 0 Å². The number of halogens is 3. The lowest BCUT2D eigenvalue weighted by molar-refractivity contribution is -0.124. The second-order valence-electron chi connectivity index (χ2n) is 11.3. The summed E-state index contributed by atoms with van der Waals surface area (Å²) in [6.45, 7) is 6.37. The molecule has 0 spiro atoms. The first-order chi connectivity index (χ1) is 17.0. The lowest BCUT2D eigenvalue weighted by atomic mass is 9.79. The Morgan fingerprint density at radius 2 is 2.03 bits per heavy atom. The molecule has 5 nitrogen and oxygen atoms in total. The average molecular weight is 501 g/mol. The average Bonchev–Trinajstić information content (AvgIpc) is 3.23. The number of amidine groups is 1. The fraction of sp³-hybridized carbons (Fsp3) is 0.643. The van der Waals surface area contributed by atoms with Crippen molar-refractivity contribution in [2.24, 2.45) is 32.7 Å². The molecule has 1 heterocycles. The molecule has 0 N–H and O–H groups in total. The Bertz CT molecular complexity index is 1100. The number of rotatable bonds is 9. The monoisotopic (exact) mass is 500 g/mol. The number of amides is 1. The second-order valence-corrected chi connectivity index (χ2v) is 11.3. The fourth-order valence-corrected chi connectivity index (χ4v) is 6.23. The van der Waals surface area contributed by atoms with Crippen LogP contribution in [0.4, 0.5) is 18.9 Å². The first-order valence-electron chi connectivity index (χ1n) is 13.0. The number of nitrogens with zero attached hydrogens (tertiary/aromatic N) is 4. The summed E-state index contributed by atoms with van der Waals surface area (Å²) in [6, 6.07) is 9.33. The van der Waals surface area contributed by atoms with Crippen molar-refractivity contribution in [1.29, 1.82) is 5.26 Å². The number of benzene rings is 1. The summed E-state index contributed by atoms with van der Waals surface area (Å²) in [6.07, 6.45) is 1.85. The zero-order chi connectivity index (χ0) is 26.1. The number of hydrogen-bond donors (Lipinski definition) is 0. The first kappa shape index (κ1) is 26.4. The third kappa shape index (κ3) is 5.35. The lowest BCUT2D eigenvalue weighted by Gasteiger charge is -2.32. The van der Waals surface area contributed by atoms with Gasteiger partial charge in [-0.25, -0.2) is 4.99 Å². The van der Waals surface area contributed by atoms with E-state index >= 15 is 0 Å². The predicted octanol–water partition coefficient (Wildman–Crippen LogP) is 6.72. The maximum Gasteiger partial charge on any atom is 0.431 e. The molecule has 2 atom stereocenters. The molecule has 1 aromatic carbocycles. The quantitative estimate of drug-likeness (QED) is 0.378. The van der Waals surface area contributed by atoms with Crippen LogP contribution >= 0.6 is 0 Å². The van der Waals surface area contributed by atoms with Crippen LogP contribution in [0.2, 0.25) is 0 Å². The van der Waals surface area contributed by atoms with Gasteiger partial charge in [0.2, 0.25) is 5.91 Å². The minimum absolute atomic E-state index is 0.106. The van der Waals surface area contributed by atoms with Crippen LogP contribution < -0.4 is 4.90 Å². The van der Waals surface area contributed by atoms with Crippen molar-refractivity contribution < 1.29 is 18.0 Å². The van der Waals surface area contributed by atoms with Gasteiger partial charge in [-0.15, -0.1) is 0 Å². The van der Waals surface area contributed by atoms with Crippen molar-refractivity contribution in [3.8, 4) is 6.07 Å². The third-order valence-electron chi connectivity index (χ3n) is 7.94. The molecule has 1 amide bonds. The van der Waals surface area contributed by atoms with Crippen LogP contribution in [0.1, 0.15) is 77.7 Å². The molecular formula is C28H35F3N4O. The van der Waals surface area contributed by atoms with E-state index in [-0.39, 0.29) is 17.2 Å². The topological polar surface area (TPSA) is 68.8 Å². The van der Waals surface area contributed by atoms with Crippen LogP contribution in [0.25, 0.3) is 0 Å². The van der Waals surface area contributed by atoms with Gasteiger partial charge in [-0.3, -0.25) is 9.79 Å². The number of carbonyl (C=O) groups excluding carboxylic acids is 1. The Labute approximate surface area is 211 Å². The molecule has 36 heavy (non-hydrogen) atoms. The molecule has 8 heteroatoms. The summed E-state index contributed by atoms with van der Waals surface area (Å²) >= 11 is 0. The summed E-state index contributed by atoms with van der Waals surface area (Å²) in [7, 11) is 0. The Kier molecular flexibility index (Phi) is 7.32. The number of nitriles is 1. The molecule has 194 valence electrons. The van der Waals surface area contributed by atoms with Gasteiger partial charge in [0.15, 0.2) is 0 Å². The second kappa shape index (κ2) is 9.99. The van der Waals surface area contributed by atoms with Crippen molar-refractivity contribution in [1.82, 2.24) is 0 Å². The van der Waals surface area contributed by atoms with Crippen molar-refractivity contribution in [3.63, 3.8) is 0 Å². The molecule has 4 rings (SSSR count). The van der Waals surface area contributed by atoms with E-state index in [1.807, 2.05) is 17.9 Å². The number of aliphatic imine (C=N–C) groups is 2. The Morgan fingerprint density at radius 3 is 2.61 bits per heavy atom. The summed E-state index contributed by atoms with van der Waals surface area (Å²) in [5.74, 6) is 0.958. The van der Waals surface area contributed by atoms with E-state index in [9.17, 15) is 23.2 Å². The van der Waals surface area contributed by atoms with E-state index in [1.54, 1.807) is 18.2 Å². The van der Waals surface area contributed by atoms with Crippen LogP contribution in [0.5, 0.6) is 0 Å². The van der Waals surface area contributed by atoms with Crippen molar-refractivity contribution in [2.45, 2.75) is 78.3 Å². The Morgan fingerprint density at radius 1 is 1.28 bits per heavy atom. The van der Waals surface area contributed by atoms with E-state index in [0.29, 0.717) is 30.3 Å². The van der Waals surface area contributed by atoms with Gasteiger partial charge in [0.1, 0.15) is 11.5 Å². The van der Waals surface area contributed by atoms with E-state index in [4.69, 9.17) is 0 Å². The molecule has 2 aliphatic carbocycles. The van der Waals surface area contributed by atoms with Crippen LogP contribution in [-0.2, 0) is 4.79 Å². The van der Waals surface area contributed by atoms with Crippen LogP contribution in [0.15, 0.2) is 34.3 Å². The summed E-state index contributed by atoms with van der Waals surface area (Å²) in [4.78, 5) is 24.0. The molecule has 0 radical (unpaired) electrons. The highest BCUT2D eigenvalue weighted by Gasteiger charge is 2.53. The predicted molar refractivity (Wildman–Crippen MR) is 135 cm³/mol. The molecule has 0 bridgehead atoms. The maximum absolute atomic E-state index is 13.9. The molecule has 3 aliphatic rings. The van der Waals surface area contributed by atoms with Gasteiger partial charge < -0.3 is 4.90 Å². The zero-order valence-corrected chi connectivity index (χ0v) is 21.4. The summed E-state index contributed by atoms with van der Waals surface area (Å²) in [5.41, 5.74) is -0.425. The molecular weight excluding hydrogens is 465 g/mol. The molecule has 2 saturated carbocycles. The molecule has 2 fully saturated rings. The Balaban J connectivity index is 1.59. The SMILES string of the molecule is CCCC1(C2=NCC(C(F)(F)F)=N2)CCC(CN(C(=O)C2(CC(C)C)CC2)c2cccc(C#N)c2)C1. The van der Waals surface area contributed by atoms with Gasteiger partial charge in [-0.1, -0.05) is 33.3 Å². The number of carbonyl (C=O) groups is 1. The molecule has 2 unspecified atom stereocenters. The van der Waals surface area contributed by atoms with Crippen molar-refractivity contribution in [3.05, 3.63) is 29.8 Å². The van der Waals surface area contributed by atoms with Gasteiger partial charge in [-0.2, -0.15) is 18.4 Å². The van der Waals surface area contributed by atoms with Gasteiger partial charge in [0, 0.05) is 17.6 Å². The van der Waals surface area contributed by atoms with Gasteiger partial charge >= 0.3 is 6.18 Å². The van der Waals surface area contributed by atoms with Crippen molar-refractivity contribution >= 4 is 23.1 Å². The lowest BCUT2D eigenvalue weighted by Crippen LogP contribution is -2.41. The zero-order valence-electron chi connectivity index (χ0n) is 21.4. The van der Waals surface area contributed by atoms with E-state index in [1.165, 1.54) is 0 Å². The highest BCUT2D eigenvalue weighted by molar-refractivity contribution is 6.08. The Hall–Kier alpha value is -2.69. The standard InChI is InChI=1S/C28H35F3N4O/c1-4-9-26(24-33-17-23(34-24)28(29,30)31)10-8-21(15-26)18-35(22-7-5-6-20(13-22)16-32)25(36)27(11-12-27)14-19(2)3/h5-7,13,19,21H,4,8-12,14-15,17-18H2,1-3H3. The van der Waals surface area contributed by atoms with Crippen LogP contribution in [0, 0.1) is 34.0 Å². The molecule has 0 aromatic heterocycles. The minimum Gasteiger partial charge on any atom is -0.312 e. The maximum atomic E-state index is 13.9. The number of alkyl halides is 3. The van der Waals surface area contributed by atoms with Crippen molar-refractivity contribution in [2.75, 3.05) is 18.0 Å². The van der Waals surface area contributed by atoms with E-state index in [2.05, 4.69) is 29.9 Å². The smallest absolute Gasteiger partial charge is 0.312 e. The number of anilines is 1.